The van der Waals surface area contributed by atoms with Crippen molar-refractivity contribution in [1.82, 2.24) is 9.55 Å². The maximum absolute atomic E-state index is 13.5. The number of thioether (sulfide) groups is 1. The average Bonchev–Trinajstić information content (AvgIpc) is 3.55. The van der Waals surface area contributed by atoms with Crippen molar-refractivity contribution in [2.45, 2.75) is 24.5 Å². The third-order valence-corrected chi connectivity index (χ3v) is 7.00. The zero-order valence-corrected chi connectivity index (χ0v) is 19.0. The minimum absolute atomic E-state index is 0.0123. The summed E-state index contributed by atoms with van der Waals surface area (Å²) < 4.78 is 17.9. The molecule has 0 aliphatic carbocycles. The second-order valence-electron chi connectivity index (χ2n) is 8.15. The molecule has 0 radical (unpaired) electrons. The van der Waals surface area contributed by atoms with Crippen molar-refractivity contribution >= 4 is 34.3 Å². The fourth-order valence-corrected chi connectivity index (χ4v) is 5.27. The summed E-state index contributed by atoms with van der Waals surface area (Å²) in [5.74, 6) is 1.86. The molecule has 1 amide bonds. The van der Waals surface area contributed by atoms with Crippen molar-refractivity contribution in [3.63, 3.8) is 0 Å². The first-order valence-electron chi connectivity index (χ1n) is 11.0. The average molecular weight is 476 g/mol. The van der Waals surface area contributed by atoms with E-state index in [4.69, 9.17) is 18.9 Å². The van der Waals surface area contributed by atoms with Gasteiger partial charge in [-0.3, -0.25) is 14.2 Å². The predicted molar refractivity (Wildman–Crippen MR) is 128 cm³/mol. The number of anilines is 1. The first-order valence-corrected chi connectivity index (χ1v) is 12.0. The van der Waals surface area contributed by atoms with Gasteiger partial charge in [0.15, 0.2) is 16.7 Å². The molecule has 4 heterocycles. The zero-order chi connectivity index (χ0) is 23.1. The molecule has 6 rings (SSSR count). The summed E-state index contributed by atoms with van der Waals surface area (Å²) in [4.78, 5) is 33.2. The number of nitrogens with zero attached hydrogens (tertiary/aromatic N) is 3. The first kappa shape index (κ1) is 20.9. The number of aromatic nitrogens is 2. The number of aryl methyl sites for hydroxylation is 1. The van der Waals surface area contributed by atoms with Crippen LogP contribution in [0.1, 0.15) is 17.7 Å². The molecule has 9 heteroatoms. The van der Waals surface area contributed by atoms with Gasteiger partial charge in [0, 0.05) is 18.3 Å². The van der Waals surface area contributed by atoms with Gasteiger partial charge < -0.3 is 18.8 Å². The quantitative estimate of drug-likeness (QED) is 0.320. The van der Waals surface area contributed by atoms with Crippen LogP contribution in [-0.4, -0.2) is 34.5 Å². The van der Waals surface area contributed by atoms with E-state index in [1.54, 1.807) is 35.1 Å². The van der Waals surface area contributed by atoms with Gasteiger partial charge in [-0.15, -0.1) is 0 Å². The molecule has 0 N–H and O–H groups in total. The molecule has 172 valence electrons. The van der Waals surface area contributed by atoms with E-state index in [-0.39, 0.29) is 30.6 Å². The maximum Gasteiger partial charge on any atom is 0.262 e. The Morgan fingerprint density at radius 1 is 1.09 bits per heavy atom. The fourth-order valence-electron chi connectivity index (χ4n) is 4.40. The Bertz CT molecular complexity index is 1450. The van der Waals surface area contributed by atoms with Crippen LogP contribution in [0.25, 0.3) is 10.9 Å². The van der Waals surface area contributed by atoms with Crippen LogP contribution in [0.4, 0.5) is 5.69 Å². The molecule has 0 unspecified atom stereocenters. The number of rotatable bonds is 5. The van der Waals surface area contributed by atoms with Gasteiger partial charge in [0.1, 0.15) is 5.76 Å². The van der Waals surface area contributed by atoms with Crippen molar-refractivity contribution in [2.24, 2.45) is 0 Å². The number of benzene rings is 2. The minimum atomic E-state index is -0.224. The van der Waals surface area contributed by atoms with Crippen LogP contribution in [0.5, 0.6) is 11.5 Å². The van der Waals surface area contributed by atoms with Gasteiger partial charge >= 0.3 is 0 Å². The molecule has 2 aliphatic heterocycles. The fraction of sp³-hybridized carbons (Fsp3) is 0.240. The van der Waals surface area contributed by atoms with E-state index in [0.29, 0.717) is 39.9 Å². The summed E-state index contributed by atoms with van der Waals surface area (Å²) in [6.45, 7) is 1.01. The highest BCUT2D eigenvalue weighted by atomic mass is 32.2. The zero-order valence-electron chi connectivity index (χ0n) is 18.2. The Morgan fingerprint density at radius 2 is 1.94 bits per heavy atom. The summed E-state index contributed by atoms with van der Waals surface area (Å²) in [5.41, 5.74) is 2.43. The van der Waals surface area contributed by atoms with E-state index in [9.17, 15) is 9.59 Å². The number of carbonyl (C=O) groups excluding carboxylic acids is 1. The van der Waals surface area contributed by atoms with Crippen LogP contribution < -0.4 is 19.9 Å². The predicted octanol–water partition coefficient (Wildman–Crippen LogP) is 3.84. The number of amides is 1. The molecule has 2 aromatic heterocycles. The van der Waals surface area contributed by atoms with Gasteiger partial charge in [-0.2, -0.15) is 0 Å². The van der Waals surface area contributed by atoms with Crippen LogP contribution >= 0.6 is 11.8 Å². The molecule has 2 aromatic carbocycles. The maximum atomic E-state index is 13.5. The van der Waals surface area contributed by atoms with Crippen LogP contribution in [0.2, 0.25) is 0 Å². The van der Waals surface area contributed by atoms with Crippen molar-refractivity contribution < 1.29 is 18.7 Å². The van der Waals surface area contributed by atoms with E-state index in [1.807, 2.05) is 23.1 Å². The number of hydrogen-bond acceptors (Lipinski definition) is 7. The summed E-state index contributed by atoms with van der Waals surface area (Å²) in [6, 6.07) is 15.0. The molecule has 0 fully saturated rings. The van der Waals surface area contributed by atoms with Crippen molar-refractivity contribution in [1.29, 1.82) is 0 Å². The lowest BCUT2D eigenvalue weighted by molar-refractivity contribution is -0.116. The van der Waals surface area contributed by atoms with Crippen LogP contribution in [-0.2, 0) is 17.8 Å². The second kappa shape index (κ2) is 8.57. The normalized spacial score (nSPS) is 14.4. The lowest BCUT2D eigenvalue weighted by Crippen LogP contribution is -2.36. The Hall–Kier alpha value is -3.72. The van der Waals surface area contributed by atoms with Crippen LogP contribution in [0, 0.1) is 0 Å². The molecule has 0 atom stereocenters. The van der Waals surface area contributed by atoms with E-state index >= 15 is 0 Å². The number of carbonyl (C=O) groups is 1. The van der Waals surface area contributed by atoms with Gasteiger partial charge in [-0.05, 0) is 42.7 Å². The number of fused-ring (bicyclic) bond motifs is 3. The SMILES string of the molecule is O=C(CSc1nc2cc3c(cc2c(=O)n1Cc1ccco1)OCO3)N1CCCc2ccccc21. The van der Waals surface area contributed by atoms with Gasteiger partial charge in [-0.1, -0.05) is 30.0 Å². The summed E-state index contributed by atoms with van der Waals surface area (Å²) in [7, 11) is 0. The molecule has 0 saturated carbocycles. The number of hydrogen-bond donors (Lipinski definition) is 0. The molecule has 0 saturated heterocycles. The highest BCUT2D eigenvalue weighted by Crippen LogP contribution is 2.35. The molecular weight excluding hydrogens is 454 g/mol. The highest BCUT2D eigenvalue weighted by Gasteiger charge is 2.24. The van der Waals surface area contributed by atoms with E-state index in [2.05, 4.69) is 6.07 Å². The van der Waals surface area contributed by atoms with E-state index in [1.165, 1.54) is 17.3 Å². The smallest absolute Gasteiger partial charge is 0.262 e. The van der Waals surface area contributed by atoms with Crippen molar-refractivity contribution in [3.05, 3.63) is 76.5 Å². The standard InChI is InChI=1S/C25H21N3O5S/c29-23(27-9-3-6-16-5-1-2-8-20(16)27)14-34-25-26-19-12-22-21(32-15-33-22)11-18(19)24(30)28(25)13-17-7-4-10-31-17/h1-2,4-5,7-8,10-12H,3,6,9,13-15H2. The highest BCUT2D eigenvalue weighted by molar-refractivity contribution is 7.99. The van der Waals surface area contributed by atoms with Gasteiger partial charge in [0.25, 0.3) is 5.56 Å². The lowest BCUT2D eigenvalue weighted by atomic mass is 10.0. The molecule has 0 spiro atoms. The summed E-state index contributed by atoms with van der Waals surface area (Å²) in [5, 5.41) is 0.878. The lowest BCUT2D eigenvalue weighted by Gasteiger charge is -2.29. The molecule has 0 bridgehead atoms. The molecule has 8 nitrogen and oxygen atoms in total. The Kier molecular flexibility index (Phi) is 5.26. The Morgan fingerprint density at radius 3 is 2.79 bits per heavy atom. The third-order valence-electron chi connectivity index (χ3n) is 6.04. The molecular formula is C25H21N3O5S. The second-order valence-corrected chi connectivity index (χ2v) is 9.10. The minimum Gasteiger partial charge on any atom is -0.467 e. The van der Waals surface area contributed by atoms with Crippen LogP contribution in [0.3, 0.4) is 0 Å². The largest absolute Gasteiger partial charge is 0.467 e. The van der Waals surface area contributed by atoms with Crippen LogP contribution in [0.15, 0.2) is 69.2 Å². The van der Waals surface area contributed by atoms with Gasteiger partial charge in [-0.25, -0.2) is 4.98 Å². The summed E-state index contributed by atoms with van der Waals surface area (Å²) in [6.07, 6.45) is 3.47. The topological polar surface area (TPSA) is 86.8 Å². The van der Waals surface area contributed by atoms with Gasteiger partial charge in [0.2, 0.25) is 12.7 Å². The van der Waals surface area contributed by atoms with Crippen molar-refractivity contribution in [3.8, 4) is 11.5 Å². The first-order chi connectivity index (χ1) is 16.7. The number of ether oxygens (including phenoxy) is 2. The van der Waals surface area contributed by atoms with Gasteiger partial charge in [0.05, 0.1) is 29.5 Å². The van der Waals surface area contributed by atoms with E-state index in [0.717, 1.165) is 18.5 Å². The van der Waals surface area contributed by atoms with Crippen molar-refractivity contribution in [2.75, 3.05) is 24.0 Å². The van der Waals surface area contributed by atoms with E-state index < -0.39 is 0 Å². The number of furan rings is 1. The Labute approximate surface area is 199 Å². The monoisotopic (exact) mass is 475 g/mol. The molecule has 34 heavy (non-hydrogen) atoms. The Balaban J connectivity index is 1.34. The third kappa shape index (κ3) is 3.71. The molecule has 2 aliphatic rings. The number of para-hydroxylation sites is 1. The summed E-state index contributed by atoms with van der Waals surface area (Å²) >= 11 is 1.25. The molecule has 4 aromatic rings.